The minimum atomic E-state index is -0.882. The van der Waals surface area contributed by atoms with Crippen LogP contribution in [0.3, 0.4) is 0 Å². The summed E-state index contributed by atoms with van der Waals surface area (Å²) in [7, 11) is 0. The molecule has 0 radical (unpaired) electrons. The molecule has 3 aromatic heterocycles. The van der Waals surface area contributed by atoms with Gasteiger partial charge in [-0.3, -0.25) is 18.8 Å². The van der Waals surface area contributed by atoms with Gasteiger partial charge in [0.15, 0.2) is 0 Å². The van der Waals surface area contributed by atoms with E-state index in [0.717, 1.165) is 5.56 Å². The second-order valence-electron chi connectivity index (χ2n) is 8.42. The molecule has 1 aromatic carbocycles. The maximum atomic E-state index is 12.7. The van der Waals surface area contributed by atoms with Crippen LogP contribution in [0.1, 0.15) is 50.5 Å². The molecule has 0 unspecified atom stereocenters. The average Bonchev–Trinajstić information content (AvgIpc) is 3.50. The van der Waals surface area contributed by atoms with Crippen LogP contribution in [0.25, 0.3) is 5.65 Å². The first-order chi connectivity index (χ1) is 18.7. The Kier molecular flexibility index (Phi) is 8.15. The molecular weight excluding hydrogens is 504 g/mol. The number of ether oxygens (including phenoxy) is 1. The maximum absolute atomic E-state index is 12.7. The van der Waals surface area contributed by atoms with Crippen LogP contribution in [-0.4, -0.2) is 45.9 Å². The zero-order chi connectivity index (χ0) is 27.9. The highest BCUT2D eigenvalue weighted by Gasteiger charge is 2.17. The van der Waals surface area contributed by atoms with Crippen molar-refractivity contribution in [3.05, 3.63) is 88.8 Å². The average molecular weight is 531 g/mol. The van der Waals surface area contributed by atoms with Crippen LogP contribution in [0.4, 0.5) is 5.69 Å². The number of amides is 3. The van der Waals surface area contributed by atoms with E-state index in [1.165, 1.54) is 30.5 Å². The molecule has 0 saturated heterocycles. The second-order valence-corrected chi connectivity index (χ2v) is 8.42. The number of pyridine rings is 1. The molecule has 4 aromatic rings. The van der Waals surface area contributed by atoms with E-state index >= 15 is 0 Å². The number of hydrazone groups is 1. The molecule has 0 bridgehead atoms. The first-order valence-electron chi connectivity index (χ1n) is 12.0. The Morgan fingerprint density at radius 2 is 1.79 bits per heavy atom. The molecule has 0 aliphatic rings. The number of furan rings is 1. The Bertz CT molecular complexity index is 1570. The Hall–Kier alpha value is -5.26. The molecule has 200 valence electrons. The fourth-order valence-electron chi connectivity index (χ4n) is 3.65. The first kappa shape index (κ1) is 26.8. The van der Waals surface area contributed by atoms with E-state index in [4.69, 9.17) is 9.15 Å². The molecule has 0 spiro atoms. The van der Waals surface area contributed by atoms with E-state index in [-0.39, 0.29) is 13.2 Å². The monoisotopic (exact) mass is 530 g/mol. The summed E-state index contributed by atoms with van der Waals surface area (Å²) in [5.74, 6) is -1.96. The van der Waals surface area contributed by atoms with Crippen LogP contribution < -0.4 is 16.1 Å². The number of anilines is 1. The van der Waals surface area contributed by atoms with Gasteiger partial charge in [-0.25, -0.2) is 15.2 Å². The van der Waals surface area contributed by atoms with Gasteiger partial charge in [-0.15, -0.1) is 0 Å². The van der Waals surface area contributed by atoms with Crippen LogP contribution in [0.2, 0.25) is 0 Å². The minimum Gasteiger partial charge on any atom is -0.462 e. The van der Waals surface area contributed by atoms with Crippen molar-refractivity contribution in [3.8, 4) is 0 Å². The van der Waals surface area contributed by atoms with Gasteiger partial charge in [0, 0.05) is 11.9 Å². The summed E-state index contributed by atoms with van der Waals surface area (Å²) in [6.07, 6.45) is 3.14. The van der Waals surface area contributed by atoms with Gasteiger partial charge in [0.25, 0.3) is 5.91 Å². The van der Waals surface area contributed by atoms with Gasteiger partial charge < -0.3 is 19.8 Å². The highest BCUT2D eigenvalue weighted by Crippen LogP contribution is 2.14. The summed E-state index contributed by atoms with van der Waals surface area (Å²) in [6.45, 7) is 5.58. The number of esters is 1. The number of nitrogens with one attached hydrogen (secondary N) is 3. The lowest BCUT2D eigenvalue weighted by Crippen LogP contribution is -2.34. The second kappa shape index (κ2) is 11.9. The van der Waals surface area contributed by atoms with E-state index in [2.05, 4.69) is 26.1 Å². The van der Waals surface area contributed by atoms with Crippen LogP contribution in [0.5, 0.6) is 0 Å². The number of fused-ring (bicyclic) bond motifs is 1. The molecular formula is C27H26N6O6. The Balaban J connectivity index is 1.27. The van der Waals surface area contributed by atoms with Gasteiger partial charge in [0.05, 0.1) is 30.6 Å². The van der Waals surface area contributed by atoms with Crippen molar-refractivity contribution in [2.75, 3.05) is 11.9 Å². The third-order valence-electron chi connectivity index (χ3n) is 5.48. The molecule has 0 fully saturated rings. The number of carbonyl (C=O) groups is 4. The number of nitrogens with zero attached hydrogens (tertiary/aromatic N) is 3. The summed E-state index contributed by atoms with van der Waals surface area (Å²) < 4.78 is 12.2. The molecule has 3 amide bonds. The van der Waals surface area contributed by atoms with Gasteiger partial charge >= 0.3 is 17.8 Å². The number of rotatable bonds is 8. The summed E-state index contributed by atoms with van der Waals surface area (Å²) >= 11 is 0. The van der Waals surface area contributed by atoms with Crippen LogP contribution in [0, 0.1) is 13.8 Å². The largest absolute Gasteiger partial charge is 0.462 e. The Morgan fingerprint density at radius 3 is 2.54 bits per heavy atom. The predicted molar refractivity (Wildman–Crippen MR) is 141 cm³/mol. The topological polar surface area (TPSA) is 156 Å². The van der Waals surface area contributed by atoms with E-state index in [1.807, 2.05) is 25.3 Å². The van der Waals surface area contributed by atoms with Crippen molar-refractivity contribution in [2.24, 2.45) is 5.10 Å². The molecule has 39 heavy (non-hydrogen) atoms. The van der Waals surface area contributed by atoms with Crippen molar-refractivity contribution >= 4 is 41.2 Å². The Labute approximate surface area is 223 Å². The van der Waals surface area contributed by atoms with Gasteiger partial charge in [-0.1, -0.05) is 6.07 Å². The number of hydrogen-bond acceptors (Lipinski definition) is 8. The fourth-order valence-corrected chi connectivity index (χ4v) is 3.65. The normalized spacial score (nSPS) is 10.9. The van der Waals surface area contributed by atoms with Gasteiger partial charge in [0.2, 0.25) is 0 Å². The number of aryl methyl sites for hydroxylation is 2. The molecule has 0 aliphatic carbocycles. The highest BCUT2D eigenvalue weighted by atomic mass is 16.5. The lowest BCUT2D eigenvalue weighted by Gasteiger charge is -2.07. The number of carbonyl (C=O) groups excluding carboxylic acids is 4. The third-order valence-corrected chi connectivity index (χ3v) is 5.48. The van der Waals surface area contributed by atoms with E-state index in [1.54, 1.807) is 30.4 Å². The lowest BCUT2D eigenvalue weighted by molar-refractivity contribution is -0.136. The summed E-state index contributed by atoms with van der Waals surface area (Å²) in [6, 6.07) is 12.9. The van der Waals surface area contributed by atoms with Crippen molar-refractivity contribution in [1.29, 1.82) is 0 Å². The molecule has 12 nitrogen and oxygen atoms in total. The van der Waals surface area contributed by atoms with Crippen molar-refractivity contribution in [3.63, 3.8) is 0 Å². The van der Waals surface area contributed by atoms with Crippen molar-refractivity contribution < 1.29 is 28.3 Å². The number of hydrogen-bond donors (Lipinski definition) is 3. The minimum absolute atomic E-state index is 0.0470. The van der Waals surface area contributed by atoms with Crippen molar-refractivity contribution in [2.45, 2.75) is 27.3 Å². The molecule has 0 aliphatic heterocycles. The molecule has 0 atom stereocenters. The van der Waals surface area contributed by atoms with Gasteiger partial charge in [-0.05, 0) is 68.8 Å². The van der Waals surface area contributed by atoms with E-state index < -0.39 is 23.7 Å². The zero-order valence-electron chi connectivity index (χ0n) is 21.5. The SMILES string of the molecule is CCOC(=O)c1ccc(NC(=O)C(=O)NCc2ccc(/C=N/NC(=O)c3c(C)nc4ccc(C)cn34)o2)cc1. The first-order valence-corrected chi connectivity index (χ1v) is 12.0. The predicted octanol–water partition coefficient (Wildman–Crippen LogP) is 2.74. The van der Waals surface area contributed by atoms with Crippen LogP contribution in [0.15, 0.2) is 64.2 Å². The summed E-state index contributed by atoms with van der Waals surface area (Å²) in [5.41, 5.74) is 5.72. The number of imidazole rings is 1. The van der Waals surface area contributed by atoms with Crippen molar-refractivity contribution in [1.82, 2.24) is 20.1 Å². The lowest BCUT2D eigenvalue weighted by atomic mass is 10.2. The molecule has 0 saturated carbocycles. The number of benzene rings is 1. The Morgan fingerprint density at radius 1 is 1.03 bits per heavy atom. The van der Waals surface area contributed by atoms with E-state index in [9.17, 15) is 19.2 Å². The smallest absolute Gasteiger partial charge is 0.338 e. The summed E-state index contributed by atoms with van der Waals surface area (Å²) in [4.78, 5) is 53.1. The third kappa shape index (κ3) is 6.55. The molecule has 3 N–H and O–H groups in total. The highest BCUT2D eigenvalue weighted by molar-refractivity contribution is 6.39. The zero-order valence-corrected chi connectivity index (χ0v) is 21.5. The number of aromatic nitrogens is 2. The van der Waals surface area contributed by atoms with Crippen LogP contribution in [-0.2, 0) is 20.9 Å². The molecule has 3 heterocycles. The maximum Gasteiger partial charge on any atom is 0.338 e. The quantitative estimate of drug-likeness (QED) is 0.137. The van der Waals surface area contributed by atoms with Gasteiger partial charge in [-0.2, -0.15) is 5.10 Å². The fraction of sp³-hybridized carbons (Fsp3) is 0.185. The van der Waals surface area contributed by atoms with Gasteiger partial charge in [0.1, 0.15) is 22.9 Å². The van der Waals surface area contributed by atoms with E-state index in [0.29, 0.717) is 39.8 Å². The van der Waals surface area contributed by atoms with Crippen LogP contribution >= 0.6 is 0 Å². The molecule has 12 heteroatoms. The standard InChI is InChI=1S/C27H26N6O6/c1-4-38-27(37)18-6-8-19(9-7-18)31-26(36)25(35)28-13-20-10-11-21(39-20)14-29-32-24(34)23-17(3)30-22-12-5-16(2)15-33(22)23/h5-12,14-15H,4,13H2,1-3H3,(H,28,35)(H,31,36)(H,32,34)/b29-14+. The molecule has 4 rings (SSSR count). The summed E-state index contributed by atoms with van der Waals surface area (Å²) in [5, 5.41) is 8.84.